The Bertz CT molecular complexity index is 389. The number of benzene rings is 1. The maximum Gasteiger partial charge on any atom is 0.126 e. The van der Waals surface area contributed by atoms with Crippen LogP contribution in [0, 0.1) is 6.92 Å². The summed E-state index contributed by atoms with van der Waals surface area (Å²) in [5, 5.41) is 9.34. The molecule has 0 aliphatic heterocycles. The summed E-state index contributed by atoms with van der Waals surface area (Å²) in [6, 6.07) is 4.28. The molecule has 0 fully saturated rings. The second-order valence-corrected chi connectivity index (χ2v) is 5.77. The number of aliphatic hydroxyl groups is 1. The molecule has 17 heavy (non-hydrogen) atoms. The summed E-state index contributed by atoms with van der Waals surface area (Å²) >= 11 is 0. The van der Waals surface area contributed by atoms with Gasteiger partial charge in [-0.05, 0) is 17.9 Å². The topological polar surface area (TPSA) is 29.5 Å². The van der Waals surface area contributed by atoms with Crippen LogP contribution in [0.5, 0.6) is 5.75 Å². The van der Waals surface area contributed by atoms with E-state index in [4.69, 9.17) is 4.74 Å². The van der Waals surface area contributed by atoms with Crippen molar-refractivity contribution in [2.75, 3.05) is 13.7 Å². The highest BCUT2D eigenvalue weighted by Gasteiger charge is 2.23. The summed E-state index contributed by atoms with van der Waals surface area (Å²) in [7, 11) is 1.70. The number of hydrogen-bond acceptors (Lipinski definition) is 2. The largest absolute Gasteiger partial charge is 0.496 e. The summed E-state index contributed by atoms with van der Waals surface area (Å²) in [5.41, 5.74) is 3.56. The number of hydrogen-bond donors (Lipinski definition) is 1. The fourth-order valence-corrected chi connectivity index (χ4v) is 2.05. The first-order chi connectivity index (χ1) is 7.81. The SMILES string of the molecule is COc1c(C(C)CO)cc(C)cc1C(C)(C)C. The fourth-order valence-electron chi connectivity index (χ4n) is 2.05. The average molecular weight is 236 g/mol. The lowest BCUT2D eigenvalue weighted by atomic mass is 9.82. The fraction of sp³-hybridized carbons (Fsp3) is 0.600. The highest BCUT2D eigenvalue weighted by atomic mass is 16.5. The molecule has 0 spiro atoms. The molecule has 0 amide bonds. The number of aryl methyl sites for hydroxylation is 1. The van der Waals surface area contributed by atoms with Crippen LogP contribution < -0.4 is 4.74 Å². The third kappa shape index (κ3) is 3.01. The molecule has 0 heterocycles. The predicted octanol–water partition coefficient (Wildman–Crippen LogP) is 3.40. The van der Waals surface area contributed by atoms with Gasteiger partial charge in [0, 0.05) is 18.1 Å². The van der Waals surface area contributed by atoms with Gasteiger partial charge in [-0.25, -0.2) is 0 Å². The lowest BCUT2D eigenvalue weighted by Gasteiger charge is -2.26. The Morgan fingerprint density at radius 3 is 2.29 bits per heavy atom. The summed E-state index contributed by atoms with van der Waals surface area (Å²) in [4.78, 5) is 0. The molecule has 1 aromatic rings. The van der Waals surface area contributed by atoms with E-state index >= 15 is 0 Å². The van der Waals surface area contributed by atoms with E-state index in [0.29, 0.717) is 0 Å². The molecular weight excluding hydrogens is 212 g/mol. The Morgan fingerprint density at radius 1 is 1.29 bits per heavy atom. The van der Waals surface area contributed by atoms with E-state index in [2.05, 4.69) is 39.8 Å². The number of rotatable bonds is 3. The molecular formula is C15H24O2. The Balaban J connectivity index is 3.46. The van der Waals surface area contributed by atoms with Crippen molar-refractivity contribution in [2.45, 2.75) is 46.0 Å². The molecule has 1 unspecified atom stereocenters. The van der Waals surface area contributed by atoms with E-state index < -0.39 is 0 Å². The lowest BCUT2D eigenvalue weighted by molar-refractivity contribution is 0.269. The van der Waals surface area contributed by atoms with Crippen molar-refractivity contribution < 1.29 is 9.84 Å². The standard InChI is InChI=1S/C15H24O2/c1-10-7-12(11(2)9-16)14(17-6)13(8-10)15(3,4)5/h7-8,11,16H,9H2,1-6H3. The molecule has 1 N–H and O–H groups in total. The smallest absolute Gasteiger partial charge is 0.126 e. The summed E-state index contributed by atoms with van der Waals surface area (Å²) in [5.74, 6) is 1.02. The lowest BCUT2D eigenvalue weighted by Crippen LogP contribution is -2.15. The molecule has 1 atom stereocenters. The van der Waals surface area contributed by atoms with Crippen molar-refractivity contribution in [2.24, 2.45) is 0 Å². The third-order valence-electron chi connectivity index (χ3n) is 3.08. The Morgan fingerprint density at radius 2 is 1.88 bits per heavy atom. The molecule has 0 aliphatic carbocycles. The van der Waals surface area contributed by atoms with Crippen molar-refractivity contribution in [3.63, 3.8) is 0 Å². The van der Waals surface area contributed by atoms with Crippen molar-refractivity contribution >= 4 is 0 Å². The van der Waals surface area contributed by atoms with Crippen LogP contribution in [0.25, 0.3) is 0 Å². The van der Waals surface area contributed by atoms with Gasteiger partial charge in [-0.3, -0.25) is 0 Å². The van der Waals surface area contributed by atoms with Crippen LogP contribution in [0.1, 0.15) is 50.3 Å². The van der Waals surface area contributed by atoms with Gasteiger partial charge in [-0.2, -0.15) is 0 Å². The van der Waals surface area contributed by atoms with Gasteiger partial charge in [-0.15, -0.1) is 0 Å². The van der Waals surface area contributed by atoms with Crippen LogP contribution in [0.3, 0.4) is 0 Å². The molecule has 2 heteroatoms. The third-order valence-corrected chi connectivity index (χ3v) is 3.08. The van der Waals surface area contributed by atoms with E-state index in [-0.39, 0.29) is 17.9 Å². The van der Waals surface area contributed by atoms with Gasteiger partial charge < -0.3 is 9.84 Å². The van der Waals surface area contributed by atoms with E-state index in [1.807, 2.05) is 6.92 Å². The maximum absolute atomic E-state index is 9.34. The zero-order valence-corrected chi connectivity index (χ0v) is 11.8. The van der Waals surface area contributed by atoms with Crippen LogP contribution in [0.4, 0.5) is 0 Å². The molecule has 0 bridgehead atoms. The van der Waals surface area contributed by atoms with Gasteiger partial charge in [0.2, 0.25) is 0 Å². The molecule has 0 saturated heterocycles. The minimum absolute atomic E-state index is 0.0429. The minimum atomic E-state index is 0.0429. The van der Waals surface area contributed by atoms with E-state index in [9.17, 15) is 5.11 Å². The van der Waals surface area contributed by atoms with Crippen molar-refractivity contribution in [1.82, 2.24) is 0 Å². The van der Waals surface area contributed by atoms with E-state index in [0.717, 1.165) is 11.3 Å². The maximum atomic E-state index is 9.34. The predicted molar refractivity (Wildman–Crippen MR) is 71.9 cm³/mol. The molecule has 1 rings (SSSR count). The van der Waals surface area contributed by atoms with Gasteiger partial charge in [0.1, 0.15) is 5.75 Å². The van der Waals surface area contributed by atoms with Crippen LogP contribution in [-0.4, -0.2) is 18.8 Å². The first-order valence-electron chi connectivity index (χ1n) is 6.11. The summed E-state index contributed by atoms with van der Waals surface area (Å²) < 4.78 is 5.57. The Kier molecular flexibility index (Phi) is 4.21. The summed E-state index contributed by atoms with van der Waals surface area (Å²) in [6.07, 6.45) is 0. The zero-order chi connectivity index (χ0) is 13.2. The monoisotopic (exact) mass is 236 g/mol. The zero-order valence-electron chi connectivity index (χ0n) is 11.8. The Hall–Kier alpha value is -1.02. The van der Waals surface area contributed by atoms with Gasteiger partial charge in [0.05, 0.1) is 7.11 Å². The number of aliphatic hydroxyl groups excluding tert-OH is 1. The molecule has 96 valence electrons. The molecule has 1 aromatic carbocycles. The van der Waals surface area contributed by atoms with E-state index in [1.165, 1.54) is 11.1 Å². The molecule has 0 aromatic heterocycles. The minimum Gasteiger partial charge on any atom is -0.496 e. The highest BCUT2D eigenvalue weighted by Crippen LogP contribution is 2.38. The van der Waals surface area contributed by atoms with Crippen molar-refractivity contribution in [3.05, 3.63) is 28.8 Å². The van der Waals surface area contributed by atoms with Gasteiger partial charge in [0.25, 0.3) is 0 Å². The van der Waals surface area contributed by atoms with Crippen LogP contribution in [0.2, 0.25) is 0 Å². The van der Waals surface area contributed by atoms with E-state index in [1.54, 1.807) is 7.11 Å². The van der Waals surface area contributed by atoms with Crippen LogP contribution >= 0.6 is 0 Å². The second-order valence-electron chi connectivity index (χ2n) is 5.77. The van der Waals surface area contributed by atoms with Crippen LogP contribution in [0.15, 0.2) is 12.1 Å². The van der Waals surface area contributed by atoms with Gasteiger partial charge >= 0.3 is 0 Å². The average Bonchev–Trinajstić information content (AvgIpc) is 2.25. The first-order valence-corrected chi connectivity index (χ1v) is 6.11. The van der Waals surface area contributed by atoms with Crippen molar-refractivity contribution in [1.29, 1.82) is 0 Å². The number of ether oxygens (including phenoxy) is 1. The van der Waals surface area contributed by atoms with Crippen molar-refractivity contribution in [3.8, 4) is 5.75 Å². The van der Waals surface area contributed by atoms with Crippen LogP contribution in [-0.2, 0) is 5.41 Å². The molecule has 0 aliphatic rings. The summed E-state index contributed by atoms with van der Waals surface area (Å²) in [6.45, 7) is 10.8. The Labute approximate surface area is 105 Å². The van der Waals surface area contributed by atoms with Gasteiger partial charge in [-0.1, -0.05) is 45.4 Å². The molecule has 0 saturated carbocycles. The first kappa shape index (κ1) is 14.0. The quantitative estimate of drug-likeness (QED) is 0.871. The molecule has 2 nitrogen and oxygen atoms in total. The van der Waals surface area contributed by atoms with Gasteiger partial charge in [0.15, 0.2) is 0 Å². The second kappa shape index (κ2) is 5.09. The normalized spacial score (nSPS) is 13.6. The number of methoxy groups -OCH3 is 1. The highest BCUT2D eigenvalue weighted by molar-refractivity contribution is 5.49. The molecule has 0 radical (unpaired) electrons.